The molecule has 0 aliphatic heterocycles. The monoisotopic (exact) mass is 225 g/mol. The standard InChI is InChI=1S/C12H19NO3/c1-7-4-9(10(5-7)12(15)16)11(14)13-6-8-2-3-8/h7-10H,2-6H2,1H3,(H,13,14)(H,15,16). The van der Waals surface area contributed by atoms with Crippen LogP contribution in [-0.4, -0.2) is 23.5 Å². The molecule has 0 heterocycles. The molecule has 16 heavy (non-hydrogen) atoms. The average Bonchev–Trinajstić information content (AvgIpc) is 2.96. The fourth-order valence-corrected chi connectivity index (χ4v) is 2.55. The van der Waals surface area contributed by atoms with E-state index >= 15 is 0 Å². The number of aliphatic carboxylic acids is 1. The van der Waals surface area contributed by atoms with Crippen molar-refractivity contribution in [1.29, 1.82) is 0 Å². The van der Waals surface area contributed by atoms with E-state index in [0.29, 0.717) is 24.7 Å². The second-order valence-electron chi connectivity index (χ2n) is 5.32. The molecule has 4 nitrogen and oxygen atoms in total. The summed E-state index contributed by atoms with van der Waals surface area (Å²) in [6.07, 6.45) is 3.75. The van der Waals surface area contributed by atoms with Gasteiger partial charge in [-0.15, -0.1) is 0 Å². The molecule has 0 aromatic heterocycles. The number of carbonyl (C=O) groups excluding carboxylic acids is 1. The van der Waals surface area contributed by atoms with Gasteiger partial charge in [-0.3, -0.25) is 9.59 Å². The summed E-state index contributed by atoms with van der Waals surface area (Å²) >= 11 is 0. The first kappa shape index (κ1) is 11.4. The fraction of sp³-hybridized carbons (Fsp3) is 0.833. The fourth-order valence-electron chi connectivity index (χ4n) is 2.55. The first-order chi connectivity index (χ1) is 7.58. The Morgan fingerprint density at radius 2 is 1.88 bits per heavy atom. The molecule has 2 aliphatic rings. The number of carbonyl (C=O) groups is 2. The lowest BCUT2D eigenvalue weighted by atomic mass is 9.95. The van der Waals surface area contributed by atoms with Crippen LogP contribution >= 0.6 is 0 Å². The van der Waals surface area contributed by atoms with Crippen LogP contribution in [0.4, 0.5) is 0 Å². The molecule has 2 fully saturated rings. The lowest BCUT2D eigenvalue weighted by Gasteiger charge is -2.15. The van der Waals surface area contributed by atoms with E-state index in [0.717, 1.165) is 6.54 Å². The van der Waals surface area contributed by atoms with Crippen molar-refractivity contribution in [3.63, 3.8) is 0 Å². The van der Waals surface area contributed by atoms with Crippen LogP contribution in [0.1, 0.15) is 32.6 Å². The summed E-state index contributed by atoms with van der Waals surface area (Å²) in [5, 5.41) is 11.9. The summed E-state index contributed by atoms with van der Waals surface area (Å²) in [4.78, 5) is 22.9. The highest BCUT2D eigenvalue weighted by Gasteiger charge is 2.41. The maximum Gasteiger partial charge on any atom is 0.307 e. The molecule has 3 unspecified atom stereocenters. The van der Waals surface area contributed by atoms with Gasteiger partial charge in [0, 0.05) is 6.54 Å². The molecule has 0 bridgehead atoms. The molecule has 2 aliphatic carbocycles. The zero-order valence-corrected chi connectivity index (χ0v) is 9.61. The number of nitrogens with one attached hydrogen (secondary N) is 1. The second kappa shape index (κ2) is 4.44. The van der Waals surface area contributed by atoms with Gasteiger partial charge >= 0.3 is 5.97 Å². The number of amides is 1. The van der Waals surface area contributed by atoms with Gasteiger partial charge in [0.2, 0.25) is 5.91 Å². The largest absolute Gasteiger partial charge is 0.481 e. The quantitative estimate of drug-likeness (QED) is 0.757. The van der Waals surface area contributed by atoms with Gasteiger partial charge in [0.25, 0.3) is 0 Å². The molecule has 0 radical (unpaired) electrons. The van der Waals surface area contributed by atoms with Crippen molar-refractivity contribution in [2.75, 3.05) is 6.54 Å². The third-order valence-electron chi connectivity index (χ3n) is 3.71. The Kier molecular flexibility index (Phi) is 3.17. The van der Waals surface area contributed by atoms with Crippen LogP contribution in [0, 0.1) is 23.7 Å². The van der Waals surface area contributed by atoms with Gasteiger partial charge in [0.1, 0.15) is 0 Å². The van der Waals surface area contributed by atoms with Crippen LogP contribution < -0.4 is 5.32 Å². The molecule has 0 saturated heterocycles. The Morgan fingerprint density at radius 3 is 2.44 bits per heavy atom. The Balaban J connectivity index is 1.89. The van der Waals surface area contributed by atoms with Crippen molar-refractivity contribution in [3.8, 4) is 0 Å². The van der Waals surface area contributed by atoms with Gasteiger partial charge in [0.15, 0.2) is 0 Å². The summed E-state index contributed by atoms with van der Waals surface area (Å²) in [5.74, 6) is -0.677. The number of carboxylic acids is 1. The lowest BCUT2D eigenvalue weighted by Crippen LogP contribution is -2.36. The third-order valence-corrected chi connectivity index (χ3v) is 3.71. The maximum atomic E-state index is 11.9. The summed E-state index contributed by atoms with van der Waals surface area (Å²) in [6, 6.07) is 0. The van der Waals surface area contributed by atoms with Gasteiger partial charge in [-0.1, -0.05) is 6.92 Å². The van der Waals surface area contributed by atoms with E-state index < -0.39 is 11.9 Å². The molecule has 0 aromatic carbocycles. The molecule has 3 atom stereocenters. The van der Waals surface area contributed by atoms with Crippen molar-refractivity contribution in [2.45, 2.75) is 32.6 Å². The van der Waals surface area contributed by atoms with E-state index in [1.807, 2.05) is 6.92 Å². The van der Waals surface area contributed by atoms with Crippen molar-refractivity contribution < 1.29 is 14.7 Å². The highest BCUT2D eigenvalue weighted by Crippen LogP contribution is 2.36. The summed E-state index contributed by atoms with van der Waals surface area (Å²) in [7, 11) is 0. The third kappa shape index (κ3) is 2.54. The smallest absolute Gasteiger partial charge is 0.307 e. The Morgan fingerprint density at radius 1 is 1.25 bits per heavy atom. The van der Waals surface area contributed by atoms with Crippen LogP contribution in [0.3, 0.4) is 0 Å². The molecule has 90 valence electrons. The highest BCUT2D eigenvalue weighted by atomic mass is 16.4. The first-order valence-electron chi connectivity index (χ1n) is 6.08. The number of carboxylic acid groups (broad SMARTS) is 1. The van der Waals surface area contributed by atoms with Gasteiger partial charge in [-0.25, -0.2) is 0 Å². The zero-order valence-electron chi connectivity index (χ0n) is 9.61. The Hall–Kier alpha value is -1.06. The number of hydrogen-bond acceptors (Lipinski definition) is 2. The van der Waals surface area contributed by atoms with Gasteiger partial charge in [-0.2, -0.15) is 0 Å². The van der Waals surface area contributed by atoms with E-state index in [1.54, 1.807) is 0 Å². The van der Waals surface area contributed by atoms with E-state index in [4.69, 9.17) is 5.11 Å². The average molecular weight is 225 g/mol. The predicted molar refractivity (Wildman–Crippen MR) is 58.7 cm³/mol. The van der Waals surface area contributed by atoms with Crippen LogP contribution in [0.2, 0.25) is 0 Å². The van der Waals surface area contributed by atoms with Crippen LogP contribution in [0.15, 0.2) is 0 Å². The highest BCUT2D eigenvalue weighted by molar-refractivity contribution is 5.85. The molecule has 4 heteroatoms. The SMILES string of the molecule is CC1CC(C(=O)O)C(C(=O)NCC2CC2)C1. The van der Waals surface area contributed by atoms with E-state index in [2.05, 4.69) is 5.32 Å². The topological polar surface area (TPSA) is 66.4 Å². The number of rotatable bonds is 4. The van der Waals surface area contributed by atoms with Crippen molar-refractivity contribution >= 4 is 11.9 Å². The minimum absolute atomic E-state index is 0.0522. The van der Waals surface area contributed by atoms with Crippen LogP contribution in [0.5, 0.6) is 0 Å². The van der Waals surface area contributed by atoms with E-state index in [1.165, 1.54) is 12.8 Å². The van der Waals surface area contributed by atoms with Gasteiger partial charge in [-0.05, 0) is 37.5 Å². The van der Waals surface area contributed by atoms with Crippen molar-refractivity contribution in [1.82, 2.24) is 5.32 Å². The summed E-state index contributed by atoms with van der Waals surface area (Å²) < 4.78 is 0. The van der Waals surface area contributed by atoms with E-state index in [-0.39, 0.29) is 11.8 Å². The first-order valence-corrected chi connectivity index (χ1v) is 6.08. The molecule has 2 rings (SSSR count). The van der Waals surface area contributed by atoms with Crippen molar-refractivity contribution in [2.24, 2.45) is 23.7 Å². The lowest BCUT2D eigenvalue weighted by molar-refractivity contribution is -0.146. The summed E-state index contributed by atoms with van der Waals surface area (Å²) in [6.45, 7) is 2.75. The van der Waals surface area contributed by atoms with Gasteiger partial charge in [0.05, 0.1) is 11.8 Å². The molecule has 0 aromatic rings. The molecule has 2 saturated carbocycles. The molecule has 2 N–H and O–H groups in total. The van der Waals surface area contributed by atoms with Gasteiger partial charge < -0.3 is 10.4 Å². The maximum absolute atomic E-state index is 11.9. The normalized spacial score (nSPS) is 33.7. The molecule has 0 spiro atoms. The minimum atomic E-state index is -0.823. The second-order valence-corrected chi connectivity index (χ2v) is 5.32. The van der Waals surface area contributed by atoms with E-state index in [9.17, 15) is 9.59 Å². The predicted octanol–water partition coefficient (Wildman–Crippen LogP) is 1.26. The minimum Gasteiger partial charge on any atom is -0.481 e. The number of hydrogen-bond donors (Lipinski definition) is 2. The van der Waals surface area contributed by atoms with Crippen molar-refractivity contribution in [3.05, 3.63) is 0 Å². The molecular formula is C12H19NO3. The van der Waals surface area contributed by atoms with Crippen LogP contribution in [-0.2, 0) is 9.59 Å². The zero-order chi connectivity index (χ0) is 11.7. The molecule has 1 amide bonds. The Labute approximate surface area is 95.4 Å². The van der Waals surface area contributed by atoms with Crippen LogP contribution in [0.25, 0.3) is 0 Å². The summed E-state index contributed by atoms with van der Waals surface area (Å²) in [5.41, 5.74) is 0. The Bertz CT molecular complexity index is 299. The molecular weight excluding hydrogens is 206 g/mol.